The molecule has 0 fully saturated rings. The molecule has 0 bridgehead atoms. The zero-order valence-corrected chi connectivity index (χ0v) is 17.5. The zero-order chi connectivity index (χ0) is 22.0. The molecule has 2 heterocycles. The number of carbonyl (C=O) groups is 1. The van der Waals surface area contributed by atoms with Crippen LogP contribution >= 0.6 is 23.4 Å². The number of fused-ring (bicyclic) bond motifs is 1. The first-order valence-corrected chi connectivity index (χ1v) is 10.6. The molecule has 0 amide bonds. The molecule has 10 heteroatoms. The number of hydrogen-bond donors (Lipinski definition) is 0. The third kappa shape index (κ3) is 4.67. The SMILES string of the molecule is O=C(CSc1nc2ccccc2c(=O)n1CCn1cc(Cl)cn1)c1ccc(F)cc1F. The van der Waals surface area contributed by atoms with Crippen molar-refractivity contribution in [3.8, 4) is 0 Å². The molecule has 0 spiro atoms. The zero-order valence-electron chi connectivity index (χ0n) is 16.0. The molecular weight excluding hydrogens is 446 g/mol. The summed E-state index contributed by atoms with van der Waals surface area (Å²) in [6, 6.07) is 9.70. The van der Waals surface area contributed by atoms with Gasteiger partial charge < -0.3 is 0 Å². The van der Waals surface area contributed by atoms with Crippen molar-refractivity contribution in [2.45, 2.75) is 18.2 Å². The second kappa shape index (κ2) is 8.99. The van der Waals surface area contributed by atoms with Gasteiger partial charge in [0.2, 0.25) is 0 Å². The highest BCUT2D eigenvalue weighted by Crippen LogP contribution is 2.21. The van der Waals surface area contributed by atoms with Crippen LogP contribution in [0.1, 0.15) is 10.4 Å². The Hall–Kier alpha value is -3.04. The maximum atomic E-state index is 13.9. The molecule has 0 saturated heterocycles. The summed E-state index contributed by atoms with van der Waals surface area (Å²) >= 11 is 6.91. The van der Waals surface area contributed by atoms with E-state index in [1.807, 2.05) is 0 Å². The smallest absolute Gasteiger partial charge is 0.262 e. The van der Waals surface area contributed by atoms with E-state index in [-0.39, 0.29) is 23.4 Å². The van der Waals surface area contributed by atoms with Gasteiger partial charge in [-0.2, -0.15) is 5.10 Å². The fourth-order valence-electron chi connectivity index (χ4n) is 3.04. The van der Waals surface area contributed by atoms with E-state index < -0.39 is 17.4 Å². The molecule has 0 radical (unpaired) electrons. The van der Waals surface area contributed by atoms with Crippen LogP contribution in [0.3, 0.4) is 0 Å². The number of ketones is 1. The molecule has 0 aliphatic heterocycles. The first-order valence-electron chi connectivity index (χ1n) is 9.21. The summed E-state index contributed by atoms with van der Waals surface area (Å²) in [5, 5.41) is 5.34. The van der Waals surface area contributed by atoms with E-state index in [9.17, 15) is 18.4 Å². The summed E-state index contributed by atoms with van der Waals surface area (Å²) in [7, 11) is 0. The van der Waals surface area contributed by atoms with Crippen molar-refractivity contribution in [3.05, 3.63) is 87.4 Å². The number of benzene rings is 2. The van der Waals surface area contributed by atoms with Gasteiger partial charge in [0.25, 0.3) is 5.56 Å². The lowest BCUT2D eigenvalue weighted by molar-refractivity contribution is 0.101. The minimum absolute atomic E-state index is 0.166. The van der Waals surface area contributed by atoms with Crippen molar-refractivity contribution in [2.24, 2.45) is 0 Å². The predicted octanol–water partition coefficient (Wildman–Crippen LogP) is 4.20. The highest BCUT2D eigenvalue weighted by molar-refractivity contribution is 7.99. The molecule has 6 nitrogen and oxygen atoms in total. The molecule has 0 aliphatic rings. The summed E-state index contributed by atoms with van der Waals surface area (Å²) in [6.07, 6.45) is 3.13. The summed E-state index contributed by atoms with van der Waals surface area (Å²) in [5.41, 5.74) is 0.0235. The third-order valence-electron chi connectivity index (χ3n) is 4.54. The molecule has 4 aromatic rings. The normalized spacial score (nSPS) is 11.2. The number of carbonyl (C=O) groups excluding carboxylic acids is 1. The highest BCUT2D eigenvalue weighted by atomic mass is 35.5. The second-order valence-electron chi connectivity index (χ2n) is 6.63. The Morgan fingerprint density at radius 3 is 2.68 bits per heavy atom. The summed E-state index contributed by atoms with van der Waals surface area (Å²) in [6.45, 7) is 0.608. The molecule has 0 saturated carbocycles. The van der Waals surface area contributed by atoms with Crippen LogP contribution in [0.2, 0.25) is 5.02 Å². The van der Waals surface area contributed by atoms with Gasteiger partial charge in [0.05, 0.1) is 40.0 Å². The van der Waals surface area contributed by atoms with Crippen molar-refractivity contribution >= 4 is 40.0 Å². The van der Waals surface area contributed by atoms with E-state index in [1.165, 1.54) is 10.8 Å². The van der Waals surface area contributed by atoms with E-state index in [0.29, 0.717) is 33.7 Å². The molecule has 0 atom stereocenters. The van der Waals surface area contributed by atoms with Crippen LogP contribution in [-0.4, -0.2) is 30.9 Å². The summed E-state index contributed by atoms with van der Waals surface area (Å²) in [5.74, 6) is -2.38. The first-order chi connectivity index (χ1) is 14.9. The Kier molecular flexibility index (Phi) is 6.15. The Bertz CT molecular complexity index is 1340. The van der Waals surface area contributed by atoms with Gasteiger partial charge in [0.15, 0.2) is 10.9 Å². The average molecular weight is 461 g/mol. The Morgan fingerprint density at radius 2 is 1.94 bits per heavy atom. The molecule has 158 valence electrons. The van der Waals surface area contributed by atoms with Gasteiger partial charge >= 0.3 is 0 Å². The van der Waals surface area contributed by atoms with Crippen molar-refractivity contribution in [1.29, 1.82) is 0 Å². The Labute approximate surface area is 184 Å². The van der Waals surface area contributed by atoms with Crippen LogP contribution in [-0.2, 0) is 13.1 Å². The van der Waals surface area contributed by atoms with Crippen molar-refractivity contribution in [1.82, 2.24) is 19.3 Å². The number of aryl methyl sites for hydroxylation is 1. The predicted molar refractivity (Wildman–Crippen MR) is 115 cm³/mol. The number of para-hydroxylation sites is 1. The minimum atomic E-state index is -0.926. The van der Waals surface area contributed by atoms with Crippen LogP contribution in [0, 0.1) is 11.6 Å². The number of aromatic nitrogens is 4. The first kappa shape index (κ1) is 21.2. The number of thioether (sulfide) groups is 1. The highest BCUT2D eigenvalue weighted by Gasteiger charge is 2.17. The van der Waals surface area contributed by atoms with Gasteiger partial charge in [-0.1, -0.05) is 35.5 Å². The Balaban J connectivity index is 1.63. The molecule has 0 aliphatic carbocycles. The fraction of sp³-hybridized carbons (Fsp3) is 0.143. The topological polar surface area (TPSA) is 69.8 Å². The minimum Gasteiger partial charge on any atom is -0.293 e. The van der Waals surface area contributed by atoms with Gasteiger partial charge in [-0.3, -0.25) is 18.8 Å². The maximum Gasteiger partial charge on any atom is 0.262 e. The summed E-state index contributed by atoms with van der Waals surface area (Å²) < 4.78 is 30.1. The van der Waals surface area contributed by atoms with Gasteiger partial charge in [-0.05, 0) is 24.3 Å². The number of rotatable bonds is 7. The number of hydrogen-bond acceptors (Lipinski definition) is 5. The van der Waals surface area contributed by atoms with Crippen molar-refractivity contribution in [2.75, 3.05) is 5.75 Å². The second-order valence-corrected chi connectivity index (χ2v) is 8.00. The fourth-order valence-corrected chi connectivity index (χ4v) is 4.11. The maximum absolute atomic E-state index is 13.9. The molecule has 4 rings (SSSR count). The third-order valence-corrected chi connectivity index (χ3v) is 5.72. The molecule has 0 N–H and O–H groups in total. The molecule has 2 aromatic heterocycles. The van der Waals surface area contributed by atoms with E-state index in [1.54, 1.807) is 35.1 Å². The van der Waals surface area contributed by atoms with E-state index in [2.05, 4.69) is 10.1 Å². The molecule has 31 heavy (non-hydrogen) atoms. The van der Waals surface area contributed by atoms with Crippen molar-refractivity contribution in [3.63, 3.8) is 0 Å². The van der Waals surface area contributed by atoms with E-state index >= 15 is 0 Å². The lowest BCUT2D eigenvalue weighted by Crippen LogP contribution is -2.26. The van der Waals surface area contributed by atoms with Gasteiger partial charge in [0.1, 0.15) is 11.6 Å². The van der Waals surface area contributed by atoms with E-state index in [0.717, 1.165) is 23.9 Å². The van der Waals surface area contributed by atoms with E-state index in [4.69, 9.17) is 11.6 Å². The van der Waals surface area contributed by atoms with Crippen LogP contribution in [0.25, 0.3) is 10.9 Å². The van der Waals surface area contributed by atoms with Gasteiger partial charge in [0, 0.05) is 18.8 Å². The number of nitrogens with zero attached hydrogens (tertiary/aromatic N) is 4. The standard InChI is InChI=1S/C21H15ClF2N4O2S/c22-13-10-25-27(11-13)7-8-28-20(30)16-3-1-2-4-18(16)26-21(28)31-12-19(29)15-6-5-14(23)9-17(15)24/h1-6,9-11H,7-8,12H2. The average Bonchev–Trinajstić information content (AvgIpc) is 3.16. The van der Waals surface area contributed by atoms with Crippen LogP contribution < -0.4 is 5.56 Å². The molecule has 2 aromatic carbocycles. The Morgan fingerprint density at radius 1 is 1.13 bits per heavy atom. The molecule has 0 unspecified atom stereocenters. The molecular formula is C21H15ClF2N4O2S. The number of Topliss-reactive ketones (excluding diaryl/α,β-unsaturated/α-hetero) is 1. The van der Waals surface area contributed by atoms with Gasteiger partial charge in [-0.25, -0.2) is 13.8 Å². The van der Waals surface area contributed by atoms with Crippen LogP contribution in [0.5, 0.6) is 0 Å². The van der Waals surface area contributed by atoms with Crippen LogP contribution in [0.15, 0.2) is 64.8 Å². The quantitative estimate of drug-likeness (QED) is 0.235. The largest absolute Gasteiger partial charge is 0.293 e. The van der Waals surface area contributed by atoms with Gasteiger partial charge in [-0.15, -0.1) is 0 Å². The monoisotopic (exact) mass is 460 g/mol. The lowest BCUT2D eigenvalue weighted by atomic mass is 10.1. The van der Waals surface area contributed by atoms with Crippen LogP contribution in [0.4, 0.5) is 8.78 Å². The van der Waals surface area contributed by atoms with Crippen molar-refractivity contribution < 1.29 is 13.6 Å². The summed E-state index contributed by atoms with van der Waals surface area (Å²) in [4.78, 5) is 30.0. The number of halogens is 3. The lowest BCUT2D eigenvalue weighted by Gasteiger charge is -2.13.